The number of rotatable bonds is 6. The number of amides is 1. The summed E-state index contributed by atoms with van der Waals surface area (Å²) in [7, 11) is 0. The van der Waals surface area contributed by atoms with Gasteiger partial charge < -0.3 is 9.64 Å². The van der Waals surface area contributed by atoms with E-state index in [-0.39, 0.29) is 0 Å². The molecule has 0 aliphatic carbocycles. The molecule has 0 aromatic heterocycles. The number of hydrogen-bond acceptors (Lipinski definition) is 2. The molecule has 1 aromatic rings. The monoisotopic (exact) mass is 275 g/mol. The summed E-state index contributed by atoms with van der Waals surface area (Å²) in [5.74, 6) is 2.28. The summed E-state index contributed by atoms with van der Waals surface area (Å²) in [5.41, 5.74) is 0. The molecule has 3 heteroatoms. The summed E-state index contributed by atoms with van der Waals surface area (Å²) in [6.45, 7) is 6.75. The molecule has 1 saturated heterocycles. The molecule has 1 aromatic carbocycles. The van der Waals surface area contributed by atoms with Gasteiger partial charge in [0.25, 0.3) is 0 Å². The van der Waals surface area contributed by atoms with Gasteiger partial charge >= 0.3 is 0 Å². The Morgan fingerprint density at radius 1 is 1.35 bits per heavy atom. The van der Waals surface area contributed by atoms with Crippen LogP contribution in [-0.2, 0) is 4.79 Å². The highest BCUT2D eigenvalue weighted by Gasteiger charge is 2.26. The third-order valence-corrected chi connectivity index (χ3v) is 3.76. The normalized spacial score (nSPS) is 18.6. The van der Waals surface area contributed by atoms with Crippen LogP contribution in [0.1, 0.15) is 33.1 Å². The standard InChI is InChI=1S/C17H25NO2/c1-14(2)12-17(19)18-10-8-15(13-18)9-11-20-16-6-4-3-5-7-16/h3-7,14-15H,8-13H2,1-2H3. The first kappa shape index (κ1) is 14.9. The first-order valence-electron chi connectivity index (χ1n) is 7.60. The Morgan fingerprint density at radius 3 is 2.80 bits per heavy atom. The van der Waals surface area contributed by atoms with E-state index in [1.807, 2.05) is 35.2 Å². The molecular weight excluding hydrogens is 250 g/mol. The molecule has 1 atom stereocenters. The zero-order chi connectivity index (χ0) is 14.4. The van der Waals surface area contributed by atoms with Crippen molar-refractivity contribution in [3.05, 3.63) is 30.3 Å². The molecule has 20 heavy (non-hydrogen) atoms. The van der Waals surface area contributed by atoms with Crippen molar-refractivity contribution in [1.82, 2.24) is 4.90 Å². The summed E-state index contributed by atoms with van der Waals surface area (Å²) in [5, 5.41) is 0. The zero-order valence-electron chi connectivity index (χ0n) is 12.5. The lowest BCUT2D eigenvalue weighted by atomic mass is 10.1. The predicted molar refractivity (Wildman–Crippen MR) is 80.7 cm³/mol. The summed E-state index contributed by atoms with van der Waals surface area (Å²) in [6, 6.07) is 9.91. The first-order chi connectivity index (χ1) is 9.65. The van der Waals surface area contributed by atoms with Crippen molar-refractivity contribution in [3.63, 3.8) is 0 Å². The van der Waals surface area contributed by atoms with Crippen LogP contribution in [0.25, 0.3) is 0 Å². The largest absolute Gasteiger partial charge is 0.494 e. The highest BCUT2D eigenvalue weighted by Crippen LogP contribution is 2.21. The molecule has 0 spiro atoms. The van der Waals surface area contributed by atoms with E-state index in [1.54, 1.807) is 0 Å². The summed E-state index contributed by atoms with van der Waals surface area (Å²) in [6.07, 6.45) is 2.82. The Labute approximate surface area is 121 Å². The Morgan fingerprint density at radius 2 is 2.10 bits per heavy atom. The molecule has 1 aliphatic rings. The van der Waals surface area contributed by atoms with E-state index in [4.69, 9.17) is 4.74 Å². The minimum Gasteiger partial charge on any atom is -0.494 e. The van der Waals surface area contributed by atoms with E-state index in [0.717, 1.165) is 38.3 Å². The van der Waals surface area contributed by atoms with Gasteiger partial charge in [-0.05, 0) is 36.8 Å². The topological polar surface area (TPSA) is 29.5 Å². The van der Waals surface area contributed by atoms with Gasteiger partial charge in [0.05, 0.1) is 6.61 Å². The quantitative estimate of drug-likeness (QED) is 0.797. The number of benzene rings is 1. The molecule has 3 nitrogen and oxygen atoms in total. The molecule has 1 heterocycles. The Bertz CT molecular complexity index is 416. The van der Waals surface area contributed by atoms with Crippen LogP contribution in [-0.4, -0.2) is 30.5 Å². The minimum atomic E-state index is 0.312. The Balaban J connectivity index is 1.67. The molecule has 1 amide bonds. The molecule has 1 aliphatic heterocycles. The molecule has 1 fully saturated rings. The molecule has 110 valence electrons. The van der Waals surface area contributed by atoms with E-state index in [2.05, 4.69) is 13.8 Å². The Kier molecular flexibility index (Phi) is 5.45. The maximum absolute atomic E-state index is 12.0. The van der Waals surface area contributed by atoms with Gasteiger partial charge in [0, 0.05) is 19.5 Å². The van der Waals surface area contributed by atoms with E-state index in [1.165, 1.54) is 0 Å². The van der Waals surface area contributed by atoms with Crippen molar-refractivity contribution in [2.24, 2.45) is 11.8 Å². The van der Waals surface area contributed by atoms with Crippen molar-refractivity contribution in [2.45, 2.75) is 33.1 Å². The fourth-order valence-electron chi connectivity index (χ4n) is 2.63. The fraction of sp³-hybridized carbons (Fsp3) is 0.588. The molecule has 1 unspecified atom stereocenters. The highest BCUT2D eigenvalue weighted by atomic mass is 16.5. The second-order valence-electron chi connectivity index (χ2n) is 6.04. The lowest BCUT2D eigenvalue weighted by Crippen LogP contribution is -2.29. The van der Waals surface area contributed by atoms with Gasteiger partial charge in [0.15, 0.2) is 0 Å². The number of para-hydroxylation sites is 1. The van der Waals surface area contributed by atoms with Crippen LogP contribution in [0, 0.1) is 11.8 Å². The molecule has 2 rings (SSSR count). The van der Waals surface area contributed by atoms with Gasteiger partial charge in [-0.1, -0.05) is 32.0 Å². The molecule has 0 radical (unpaired) electrons. The second kappa shape index (κ2) is 7.32. The molecule has 0 saturated carbocycles. The average Bonchev–Trinajstić information content (AvgIpc) is 2.88. The average molecular weight is 275 g/mol. The van der Waals surface area contributed by atoms with Gasteiger partial charge in [-0.3, -0.25) is 4.79 Å². The van der Waals surface area contributed by atoms with E-state index < -0.39 is 0 Å². The van der Waals surface area contributed by atoms with Crippen molar-refractivity contribution >= 4 is 5.91 Å². The van der Waals surface area contributed by atoms with Crippen LogP contribution in [0.4, 0.5) is 0 Å². The zero-order valence-corrected chi connectivity index (χ0v) is 12.5. The SMILES string of the molecule is CC(C)CC(=O)N1CCC(CCOc2ccccc2)C1. The van der Waals surface area contributed by atoms with E-state index >= 15 is 0 Å². The van der Waals surface area contributed by atoms with Crippen LogP contribution >= 0.6 is 0 Å². The maximum atomic E-state index is 12.0. The van der Waals surface area contributed by atoms with E-state index in [9.17, 15) is 4.79 Å². The molecule has 0 bridgehead atoms. The smallest absolute Gasteiger partial charge is 0.222 e. The molecule has 0 N–H and O–H groups in total. The lowest BCUT2D eigenvalue weighted by molar-refractivity contribution is -0.131. The number of nitrogens with zero attached hydrogens (tertiary/aromatic N) is 1. The van der Waals surface area contributed by atoms with Gasteiger partial charge in [0.2, 0.25) is 5.91 Å². The van der Waals surface area contributed by atoms with Crippen LogP contribution in [0.5, 0.6) is 5.75 Å². The van der Waals surface area contributed by atoms with Gasteiger partial charge in [0.1, 0.15) is 5.75 Å². The fourth-order valence-corrected chi connectivity index (χ4v) is 2.63. The van der Waals surface area contributed by atoms with Crippen molar-refractivity contribution in [1.29, 1.82) is 0 Å². The number of ether oxygens (including phenoxy) is 1. The first-order valence-corrected chi connectivity index (χ1v) is 7.60. The van der Waals surface area contributed by atoms with E-state index in [0.29, 0.717) is 24.2 Å². The molecular formula is C17H25NO2. The van der Waals surface area contributed by atoms with Crippen molar-refractivity contribution in [2.75, 3.05) is 19.7 Å². The van der Waals surface area contributed by atoms with Gasteiger partial charge in [-0.15, -0.1) is 0 Å². The minimum absolute atomic E-state index is 0.312. The number of hydrogen-bond donors (Lipinski definition) is 0. The highest BCUT2D eigenvalue weighted by molar-refractivity contribution is 5.76. The summed E-state index contributed by atoms with van der Waals surface area (Å²) < 4.78 is 5.72. The summed E-state index contributed by atoms with van der Waals surface area (Å²) >= 11 is 0. The maximum Gasteiger partial charge on any atom is 0.222 e. The van der Waals surface area contributed by atoms with Crippen LogP contribution in [0.2, 0.25) is 0 Å². The van der Waals surface area contributed by atoms with Crippen LogP contribution in [0.15, 0.2) is 30.3 Å². The van der Waals surface area contributed by atoms with Crippen molar-refractivity contribution < 1.29 is 9.53 Å². The van der Waals surface area contributed by atoms with Crippen LogP contribution in [0.3, 0.4) is 0 Å². The Hall–Kier alpha value is -1.51. The number of carbonyl (C=O) groups excluding carboxylic acids is 1. The lowest BCUT2D eigenvalue weighted by Gasteiger charge is -2.17. The van der Waals surface area contributed by atoms with Gasteiger partial charge in [-0.25, -0.2) is 0 Å². The second-order valence-corrected chi connectivity index (χ2v) is 6.04. The van der Waals surface area contributed by atoms with Crippen LogP contribution < -0.4 is 4.74 Å². The summed E-state index contributed by atoms with van der Waals surface area (Å²) in [4.78, 5) is 14.0. The number of carbonyl (C=O) groups is 1. The third kappa shape index (κ3) is 4.55. The third-order valence-electron chi connectivity index (χ3n) is 3.76. The number of likely N-dealkylation sites (tertiary alicyclic amines) is 1. The van der Waals surface area contributed by atoms with Crippen molar-refractivity contribution in [3.8, 4) is 5.75 Å². The van der Waals surface area contributed by atoms with Gasteiger partial charge in [-0.2, -0.15) is 0 Å². The predicted octanol–water partition coefficient (Wildman–Crippen LogP) is 3.35.